The molecule has 0 amide bonds. The molecule has 0 fully saturated rings. The Morgan fingerprint density at radius 3 is 2.75 bits per heavy atom. The van der Waals surface area contributed by atoms with Crippen LogP contribution < -0.4 is 10.1 Å². The third-order valence-electron chi connectivity index (χ3n) is 2.03. The molecule has 0 saturated heterocycles. The first-order valence-corrected chi connectivity index (χ1v) is 5.38. The molecule has 16 heavy (non-hydrogen) atoms. The molecule has 4 heteroatoms. The van der Waals surface area contributed by atoms with Crippen LogP contribution in [0, 0.1) is 0 Å². The van der Waals surface area contributed by atoms with Gasteiger partial charge >= 0.3 is 0 Å². The number of aliphatic hydroxyl groups excluding tert-OH is 1. The maximum atomic E-state index is 9.34. The molecule has 1 unspecified atom stereocenters. The molecule has 1 rings (SSSR count). The van der Waals surface area contributed by atoms with Crippen molar-refractivity contribution >= 4 is 0 Å². The van der Waals surface area contributed by atoms with E-state index in [1.165, 1.54) is 0 Å². The molecule has 0 aliphatic carbocycles. The highest BCUT2D eigenvalue weighted by Crippen LogP contribution is 2.07. The van der Waals surface area contributed by atoms with Crippen LogP contribution in [-0.2, 0) is 4.74 Å². The van der Waals surface area contributed by atoms with E-state index in [0.29, 0.717) is 26.3 Å². The van der Waals surface area contributed by atoms with E-state index in [9.17, 15) is 5.11 Å². The lowest BCUT2D eigenvalue weighted by molar-refractivity contribution is 0.0641. The van der Waals surface area contributed by atoms with E-state index in [2.05, 4.69) is 5.32 Å². The standard InChI is InChI=1S/C12H19NO3/c1-15-10-11(14)9-13-7-8-16-12-5-3-2-4-6-12/h2-6,11,13-14H,7-10H2,1H3. The van der Waals surface area contributed by atoms with Crippen LogP contribution >= 0.6 is 0 Å². The Morgan fingerprint density at radius 1 is 1.31 bits per heavy atom. The van der Waals surface area contributed by atoms with Crippen LogP contribution in [-0.4, -0.2) is 44.6 Å². The van der Waals surface area contributed by atoms with Crippen molar-refractivity contribution in [3.63, 3.8) is 0 Å². The number of hydrogen-bond acceptors (Lipinski definition) is 4. The number of benzene rings is 1. The van der Waals surface area contributed by atoms with E-state index >= 15 is 0 Å². The minimum Gasteiger partial charge on any atom is -0.492 e. The molecule has 4 nitrogen and oxygen atoms in total. The third kappa shape index (κ3) is 5.70. The first kappa shape index (κ1) is 13.0. The topological polar surface area (TPSA) is 50.7 Å². The maximum Gasteiger partial charge on any atom is 0.119 e. The highest BCUT2D eigenvalue weighted by atomic mass is 16.5. The van der Waals surface area contributed by atoms with Gasteiger partial charge in [-0.1, -0.05) is 18.2 Å². The van der Waals surface area contributed by atoms with E-state index in [1.54, 1.807) is 7.11 Å². The molecule has 1 aromatic carbocycles. The Kier molecular flexibility index (Phi) is 6.56. The Balaban J connectivity index is 2.00. The van der Waals surface area contributed by atoms with Gasteiger partial charge in [-0.05, 0) is 12.1 Å². The summed E-state index contributed by atoms with van der Waals surface area (Å²) in [7, 11) is 1.57. The second kappa shape index (κ2) is 8.10. The van der Waals surface area contributed by atoms with Gasteiger partial charge in [-0.15, -0.1) is 0 Å². The van der Waals surface area contributed by atoms with Crippen molar-refractivity contribution in [2.45, 2.75) is 6.10 Å². The van der Waals surface area contributed by atoms with E-state index in [0.717, 1.165) is 5.75 Å². The van der Waals surface area contributed by atoms with Gasteiger partial charge in [0, 0.05) is 20.2 Å². The van der Waals surface area contributed by atoms with Gasteiger partial charge in [0.1, 0.15) is 12.4 Å². The fourth-order valence-electron chi connectivity index (χ4n) is 1.28. The average molecular weight is 225 g/mol. The van der Waals surface area contributed by atoms with Crippen LogP contribution in [0.3, 0.4) is 0 Å². The van der Waals surface area contributed by atoms with Crippen molar-refractivity contribution in [1.82, 2.24) is 5.32 Å². The quantitative estimate of drug-likeness (QED) is 0.638. The summed E-state index contributed by atoms with van der Waals surface area (Å²) in [5, 5.41) is 12.4. The summed E-state index contributed by atoms with van der Waals surface area (Å²) in [6, 6.07) is 9.65. The van der Waals surface area contributed by atoms with Gasteiger partial charge in [-0.3, -0.25) is 0 Å². The molecule has 1 aromatic rings. The highest BCUT2D eigenvalue weighted by molar-refractivity contribution is 5.20. The molecule has 0 aliphatic heterocycles. The summed E-state index contributed by atoms with van der Waals surface area (Å²) in [4.78, 5) is 0. The Hall–Kier alpha value is -1.10. The van der Waals surface area contributed by atoms with Gasteiger partial charge in [0.25, 0.3) is 0 Å². The molecule has 0 saturated carbocycles. The van der Waals surface area contributed by atoms with Crippen LogP contribution in [0.15, 0.2) is 30.3 Å². The average Bonchev–Trinajstić information content (AvgIpc) is 2.30. The van der Waals surface area contributed by atoms with Gasteiger partial charge in [0.15, 0.2) is 0 Å². The number of rotatable bonds is 8. The van der Waals surface area contributed by atoms with Crippen LogP contribution in [0.1, 0.15) is 0 Å². The second-order valence-corrected chi connectivity index (χ2v) is 3.47. The minimum absolute atomic E-state index is 0.354. The molecular weight excluding hydrogens is 206 g/mol. The van der Waals surface area contributed by atoms with Crippen molar-refractivity contribution in [3.8, 4) is 5.75 Å². The second-order valence-electron chi connectivity index (χ2n) is 3.47. The van der Waals surface area contributed by atoms with Crippen LogP contribution in [0.4, 0.5) is 0 Å². The number of aliphatic hydroxyl groups is 1. The normalized spacial score (nSPS) is 12.4. The molecule has 1 atom stereocenters. The molecule has 0 aromatic heterocycles. The zero-order valence-electron chi connectivity index (χ0n) is 9.56. The summed E-state index contributed by atoms with van der Waals surface area (Å²) in [6.45, 7) is 2.16. The predicted molar refractivity (Wildman–Crippen MR) is 62.7 cm³/mol. The van der Waals surface area contributed by atoms with Crippen LogP contribution in [0.5, 0.6) is 5.75 Å². The summed E-state index contributed by atoms with van der Waals surface area (Å²) in [5.74, 6) is 0.863. The monoisotopic (exact) mass is 225 g/mol. The van der Waals surface area contributed by atoms with E-state index in [-0.39, 0.29) is 0 Å². The molecule has 0 bridgehead atoms. The lowest BCUT2D eigenvalue weighted by Crippen LogP contribution is -2.32. The zero-order valence-corrected chi connectivity index (χ0v) is 9.56. The Bertz CT molecular complexity index is 266. The van der Waals surface area contributed by atoms with E-state index in [4.69, 9.17) is 9.47 Å². The van der Waals surface area contributed by atoms with Crippen LogP contribution in [0.2, 0.25) is 0 Å². The van der Waals surface area contributed by atoms with Gasteiger partial charge in [-0.25, -0.2) is 0 Å². The number of ether oxygens (including phenoxy) is 2. The van der Waals surface area contributed by atoms with Crippen molar-refractivity contribution in [1.29, 1.82) is 0 Å². The lowest BCUT2D eigenvalue weighted by atomic mass is 10.3. The molecule has 0 aliphatic rings. The first-order chi connectivity index (χ1) is 7.83. The van der Waals surface area contributed by atoms with Gasteiger partial charge in [0.05, 0.1) is 12.7 Å². The summed E-state index contributed by atoms with van der Waals surface area (Å²) >= 11 is 0. The van der Waals surface area contributed by atoms with E-state index in [1.807, 2.05) is 30.3 Å². The fraction of sp³-hybridized carbons (Fsp3) is 0.500. The molecular formula is C12H19NO3. The zero-order chi connectivity index (χ0) is 11.6. The molecule has 0 radical (unpaired) electrons. The third-order valence-corrected chi connectivity index (χ3v) is 2.03. The van der Waals surface area contributed by atoms with Crippen molar-refractivity contribution in [2.75, 3.05) is 33.4 Å². The highest BCUT2D eigenvalue weighted by Gasteiger charge is 2.01. The largest absolute Gasteiger partial charge is 0.492 e. The SMILES string of the molecule is COCC(O)CNCCOc1ccccc1. The Morgan fingerprint density at radius 2 is 2.06 bits per heavy atom. The van der Waals surface area contributed by atoms with Crippen molar-refractivity contribution < 1.29 is 14.6 Å². The number of methoxy groups -OCH3 is 1. The molecule has 0 heterocycles. The minimum atomic E-state index is -0.457. The smallest absolute Gasteiger partial charge is 0.119 e. The fourth-order valence-corrected chi connectivity index (χ4v) is 1.28. The number of para-hydroxylation sites is 1. The number of hydrogen-bond donors (Lipinski definition) is 2. The first-order valence-electron chi connectivity index (χ1n) is 5.38. The predicted octanol–water partition coefficient (Wildman–Crippen LogP) is 0.662. The van der Waals surface area contributed by atoms with Crippen LogP contribution in [0.25, 0.3) is 0 Å². The van der Waals surface area contributed by atoms with Gasteiger partial charge in [0.2, 0.25) is 0 Å². The van der Waals surface area contributed by atoms with Gasteiger partial charge < -0.3 is 19.9 Å². The molecule has 0 spiro atoms. The Labute approximate surface area is 96.2 Å². The lowest BCUT2D eigenvalue weighted by Gasteiger charge is -2.11. The molecule has 90 valence electrons. The summed E-state index contributed by atoms with van der Waals surface area (Å²) in [5.41, 5.74) is 0. The number of nitrogens with one attached hydrogen (secondary N) is 1. The maximum absolute atomic E-state index is 9.34. The molecule has 2 N–H and O–H groups in total. The van der Waals surface area contributed by atoms with Crippen molar-refractivity contribution in [2.24, 2.45) is 0 Å². The summed E-state index contributed by atoms with van der Waals surface area (Å²) < 4.78 is 10.3. The van der Waals surface area contributed by atoms with Crippen molar-refractivity contribution in [3.05, 3.63) is 30.3 Å². The van der Waals surface area contributed by atoms with E-state index < -0.39 is 6.10 Å². The summed E-state index contributed by atoms with van der Waals surface area (Å²) in [6.07, 6.45) is -0.457. The van der Waals surface area contributed by atoms with Gasteiger partial charge in [-0.2, -0.15) is 0 Å².